The molecule has 4 nitrogen and oxygen atoms in total. The van der Waals surface area contributed by atoms with Gasteiger partial charge in [0, 0.05) is 5.92 Å². The van der Waals surface area contributed by atoms with E-state index >= 15 is 0 Å². The van der Waals surface area contributed by atoms with Crippen LogP contribution in [0.1, 0.15) is 24.6 Å². The van der Waals surface area contributed by atoms with E-state index in [2.05, 4.69) is 10.2 Å². The van der Waals surface area contributed by atoms with Crippen molar-refractivity contribution in [3.05, 3.63) is 35.4 Å². The Labute approximate surface area is 104 Å². The van der Waals surface area contributed by atoms with Crippen LogP contribution in [0.5, 0.6) is 5.75 Å². The average Bonchev–Trinajstić information content (AvgIpc) is 3.13. The lowest BCUT2D eigenvalue weighted by Crippen LogP contribution is -2.02. The number of benzene rings is 1. The van der Waals surface area contributed by atoms with Gasteiger partial charge in [-0.15, -0.1) is 10.2 Å². The Balaban J connectivity index is 2.16. The zero-order chi connectivity index (χ0) is 11.8. The van der Waals surface area contributed by atoms with Crippen LogP contribution in [-0.4, -0.2) is 21.9 Å². The Bertz CT molecular complexity index is 548. The lowest BCUT2D eigenvalue weighted by molar-refractivity contribution is 0.412. The zero-order valence-corrected chi connectivity index (χ0v) is 10.2. The highest BCUT2D eigenvalue weighted by Crippen LogP contribution is 2.41. The topological polar surface area (TPSA) is 39.9 Å². The molecule has 88 valence electrons. The van der Waals surface area contributed by atoms with E-state index in [9.17, 15) is 0 Å². The summed E-state index contributed by atoms with van der Waals surface area (Å²) in [6.45, 7) is 0. The van der Waals surface area contributed by atoms with Gasteiger partial charge in [0.25, 0.3) is 0 Å². The van der Waals surface area contributed by atoms with Gasteiger partial charge < -0.3 is 4.74 Å². The molecule has 1 aromatic heterocycles. The first-order valence-corrected chi connectivity index (χ1v) is 5.93. The first-order valence-electron chi connectivity index (χ1n) is 5.55. The van der Waals surface area contributed by atoms with Crippen LogP contribution < -0.4 is 4.74 Å². The van der Waals surface area contributed by atoms with Gasteiger partial charge in [-0.3, -0.25) is 4.57 Å². The third kappa shape index (κ3) is 1.78. The van der Waals surface area contributed by atoms with E-state index in [0.29, 0.717) is 11.2 Å². The first kappa shape index (κ1) is 10.6. The Morgan fingerprint density at radius 2 is 2.06 bits per heavy atom. The van der Waals surface area contributed by atoms with Crippen LogP contribution >= 0.6 is 11.6 Å². The molecule has 1 saturated carbocycles. The van der Waals surface area contributed by atoms with Crippen LogP contribution in [-0.2, 0) is 0 Å². The third-order valence-corrected chi connectivity index (χ3v) is 3.16. The number of rotatable bonds is 3. The van der Waals surface area contributed by atoms with Gasteiger partial charge in [-0.05, 0) is 36.6 Å². The summed E-state index contributed by atoms with van der Waals surface area (Å²) in [7, 11) is 1.65. The fraction of sp³-hybridized carbons (Fsp3) is 0.333. The molecule has 0 unspecified atom stereocenters. The van der Waals surface area contributed by atoms with Gasteiger partial charge in [0.15, 0.2) is 0 Å². The minimum atomic E-state index is 0.386. The monoisotopic (exact) mass is 249 g/mol. The number of halogens is 1. The number of nitrogens with zero attached hydrogens (tertiary/aromatic N) is 3. The van der Waals surface area contributed by atoms with Crippen molar-refractivity contribution in [2.45, 2.75) is 18.8 Å². The minimum Gasteiger partial charge on any atom is -0.495 e. The molecule has 1 aliphatic carbocycles. The number of hydrogen-bond acceptors (Lipinski definition) is 3. The Kier molecular flexibility index (Phi) is 2.52. The molecule has 0 N–H and O–H groups in total. The molecule has 1 aromatic carbocycles. The second kappa shape index (κ2) is 4.04. The molecule has 5 heteroatoms. The maximum absolute atomic E-state index is 6.11. The molecule has 0 atom stereocenters. The van der Waals surface area contributed by atoms with Gasteiger partial charge in [0.05, 0.1) is 12.8 Å². The summed E-state index contributed by atoms with van der Waals surface area (Å²) in [5, 5.41) is 8.49. The number of aromatic nitrogens is 3. The Morgan fingerprint density at radius 3 is 2.76 bits per heavy atom. The molecule has 2 aromatic rings. The molecule has 1 aliphatic rings. The van der Waals surface area contributed by atoms with Crippen molar-refractivity contribution in [2.24, 2.45) is 0 Å². The molecular formula is C12H12ClN3O. The number of methoxy groups -OCH3 is 1. The molecular weight excluding hydrogens is 238 g/mol. The summed E-state index contributed by atoms with van der Waals surface area (Å²) in [5.74, 6) is 2.19. The standard InChI is InChI=1S/C12H12ClN3O/c1-17-10-5-3-2-4-9(10)16-11(8-6-7-8)14-15-12(16)13/h2-5,8H,6-7H2,1H3. The summed E-state index contributed by atoms with van der Waals surface area (Å²) in [6.07, 6.45) is 2.31. The van der Waals surface area contributed by atoms with Gasteiger partial charge in [-0.1, -0.05) is 12.1 Å². The van der Waals surface area contributed by atoms with Gasteiger partial charge in [0.1, 0.15) is 11.6 Å². The van der Waals surface area contributed by atoms with Gasteiger partial charge >= 0.3 is 0 Å². The van der Waals surface area contributed by atoms with Crippen LogP contribution in [0.4, 0.5) is 0 Å². The predicted molar refractivity (Wildman–Crippen MR) is 64.9 cm³/mol. The molecule has 1 fully saturated rings. The highest BCUT2D eigenvalue weighted by atomic mass is 35.5. The van der Waals surface area contributed by atoms with Crippen molar-refractivity contribution in [3.8, 4) is 11.4 Å². The quantitative estimate of drug-likeness (QED) is 0.840. The van der Waals surface area contributed by atoms with E-state index < -0.39 is 0 Å². The van der Waals surface area contributed by atoms with Crippen LogP contribution in [0.2, 0.25) is 5.28 Å². The molecule has 0 bridgehead atoms. The zero-order valence-electron chi connectivity index (χ0n) is 9.43. The van der Waals surface area contributed by atoms with Crippen molar-refractivity contribution in [3.63, 3.8) is 0 Å². The van der Waals surface area contributed by atoms with E-state index in [-0.39, 0.29) is 0 Å². The van der Waals surface area contributed by atoms with Crippen molar-refractivity contribution < 1.29 is 4.74 Å². The summed E-state index contributed by atoms with van der Waals surface area (Å²) < 4.78 is 7.22. The van der Waals surface area contributed by atoms with Crippen LogP contribution in [0, 0.1) is 0 Å². The molecule has 0 saturated heterocycles. The molecule has 17 heavy (non-hydrogen) atoms. The second-order valence-electron chi connectivity index (χ2n) is 4.11. The molecule has 0 radical (unpaired) electrons. The first-order chi connectivity index (χ1) is 8.31. The second-order valence-corrected chi connectivity index (χ2v) is 4.45. The maximum Gasteiger partial charge on any atom is 0.229 e. The van der Waals surface area contributed by atoms with Gasteiger partial charge in [0.2, 0.25) is 5.28 Å². The number of hydrogen-bond donors (Lipinski definition) is 0. The fourth-order valence-corrected chi connectivity index (χ4v) is 2.13. The highest BCUT2D eigenvalue weighted by Gasteiger charge is 2.31. The SMILES string of the molecule is COc1ccccc1-n1c(Cl)nnc1C1CC1. The van der Waals surface area contributed by atoms with Gasteiger partial charge in [-0.2, -0.15) is 0 Å². The largest absolute Gasteiger partial charge is 0.495 e. The fourth-order valence-electron chi connectivity index (χ4n) is 1.92. The smallest absolute Gasteiger partial charge is 0.229 e. The van der Waals surface area contributed by atoms with Crippen LogP contribution in [0.3, 0.4) is 0 Å². The number of para-hydroxylation sites is 2. The summed E-state index contributed by atoms with van der Waals surface area (Å²) >= 11 is 6.11. The Hall–Kier alpha value is -1.55. The lowest BCUT2D eigenvalue weighted by atomic mass is 10.2. The minimum absolute atomic E-state index is 0.386. The van der Waals surface area contributed by atoms with Crippen molar-refractivity contribution in [2.75, 3.05) is 7.11 Å². The summed E-state index contributed by atoms with van der Waals surface area (Å²) in [5.41, 5.74) is 0.895. The Morgan fingerprint density at radius 1 is 1.29 bits per heavy atom. The summed E-state index contributed by atoms with van der Waals surface area (Å²) in [6, 6.07) is 7.74. The highest BCUT2D eigenvalue weighted by molar-refractivity contribution is 6.28. The number of ether oxygens (including phenoxy) is 1. The van der Waals surface area contributed by atoms with E-state index in [1.807, 2.05) is 28.8 Å². The van der Waals surface area contributed by atoms with Crippen molar-refractivity contribution in [1.29, 1.82) is 0 Å². The lowest BCUT2D eigenvalue weighted by Gasteiger charge is -2.11. The molecule has 1 heterocycles. The molecule has 0 amide bonds. The van der Waals surface area contributed by atoms with E-state index in [1.54, 1.807) is 7.11 Å². The van der Waals surface area contributed by atoms with Crippen LogP contribution in [0.15, 0.2) is 24.3 Å². The van der Waals surface area contributed by atoms with Crippen LogP contribution in [0.25, 0.3) is 5.69 Å². The summed E-state index contributed by atoms with van der Waals surface area (Å²) in [4.78, 5) is 0. The average molecular weight is 250 g/mol. The van der Waals surface area contributed by atoms with Crippen molar-refractivity contribution >= 4 is 11.6 Å². The molecule has 3 rings (SSSR count). The van der Waals surface area contributed by atoms with E-state index in [0.717, 1.165) is 30.1 Å². The van der Waals surface area contributed by atoms with E-state index in [1.165, 1.54) is 0 Å². The van der Waals surface area contributed by atoms with Crippen molar-refractivity contribution in [1.82, 2.24) is 14.8 Å². The predicted octanol–water partition coefficient (Wildman–Crippen LogP) is 2.81. The molecule has 0 spiro atoms. The van der Waals surface area contributed by atoms with E-state index in [4.69, 9.17) is 16.3 Å². The third-order valence-electron chi connectivity index (χ3n) is 2.92. The normalized spacial score (nSPS) is 14.9. The maximum atomic E-state index is 6.11. The molecule has 0 aliphatic heterocycles. The van der Waals surface area contributed by atoms with Gasteiger partial charge in [-0.25, -0.2) is 0 Å².